The smallest absolute Gasteiger partial charge is 0.240 e. The van der Waals surface area contributed by atoms with Gasteiger partial charge >= 0.3 is 0 Å². The summed E-state index contributed by atoms with van der Waals surface area (Å²) < 4.78 is 46.2. The van der Waals surface area contributed by atoms with Crippen molar-refractivity contribution in [1.82, 2.24) is 14.6 Å². The Hall–Kier alpha value is -1.95. The topological polar surface area (TPSA) is 112 Å². The maximum Gasteiger partial charge on any atom is 0.240 e. The van der Waals surface area contributed by atoms with Crippen LogP contribution < -0.4 is 4.72 Å². The number of hydrogen-bond donors (Lipinski definition) is 3. The molecule has 8 nitrogen and oxygen atoms in total. The SMILES string of the molecule is CN(CCc1ccccn1)[C@H]1[C@H](O)[C@H](CO)O[C@@H]1CNS(=O)(=O)c1ccc(F)cc1. The van der Waals surface area contributed by atoms with Gasteiger partial charge in [-0.3, -0.25) is 9.88 Å². The Morgan fingerprint density at radius 1 is 1.20 bits per heavy atom. The Morgan fingerprint density at radius 3 is 2.57 bits per heavy atom. The molecule has 0 radical (unpaired) electrons. The maximum atomic E-state index is 13.1. The molecule has 0 spiro atoms. The third-order valence-electron chi connectivity index (χ3n) is 5.20. The first-order chi connectivity index (χ1) is 14.3. The van der Waals surface area contributed by atoms with Crippen LogP contribution in [0.5, 0.6) is 0 Å². The van der Waals surface area contributed by atoms with E-state index in [0.717, 1.165) is 17.8 Å². The Labute approximate surface area is 175 Å². The van der Waals surface area contributed by atoms with Crippen molar-refractivity contribution in [3.05, 3.63) is 60.2 Å². The quantitative estimate of drug-likeness (QED) is 0.510. The molecule has 1 aromatic heterocycles. The van der Waals surface area contributed by atoms with Crippen molar-refractivity contribution in [2.24, 2.45) is 0 Å². The van der Waals surface area contributed by atoms with Gasteiger partial charge in [0, 0.05) is 31.4 Å². The van der Waals surface area contributed by atoms with Gasteiger partial charge in [0.2, 0.25) is 10.0 Å². The van der Waals surface area contributed by atoms with Crippen molar-refractivity contribution in [3.8, 4) is 0 Å². The van der Waals surface area contributed by atoms with Gasteiger partial charge in [0.1, 0.15) is 18.0 Å². The number of nitrogens with one attached hydrogen (secondary N) is 1. The number of likely N-dealkylation sites (N-methyl/N-ethyl adjacent to an activating group) is 1. The second-order valence-electron chi connectivity index (χ2n) is 7.23. The van der Waals surface area contributed by atoms with Crippen molar-refractivity contribution < 1.29 is 27.8 Å². The largest absolute Gasteiger partial charge is 0.394 e. The van der Waals surface area contributed by atoms with Gasteiger partial charge in [-0.05, 0) is 43.4 Å². The van der Waals surface area contributed by atoms with E-state index < -0.39 is 40.2 Å². The number of hydrogen-bond acceptors (Lipinski definition) is 7. The number of ether oxygens (including phenoxy) is 1. The van der Waals surface area contributed by atoms with Crippen LogP contribution in [0.2, 0.25) is 0 Å². The molecule has 3 rings (SSSR count). The van der Waals surface area contributed by atoms with Gasteiger partial charge in [-0.25, -0.2) is 17.5 Å². The van der Waals surface area contributed by atoms with Gasteiger partial charge in [0.15, 0.2) is 0 Å². The van der Waals surface area contributed by atoms with Gasteiger partial charge in [-0.15, -0.1) is 0 Å². The predicted octanol–water partition coefficient (Wildman–Crippen LogP) is 0.163. The Bertz CT molecular complexity index is 914. The maximum absolute atomic E-state index is 13.1. The first-order valence-corrected chi connectivity index (χ1v) is 11.1. The predicted molar refractivity (Wildman–Crippen MR) is 108 cm³/mol. The summed E-state index contributed by atoms with van der Waals surface area (Å²) in [4.78, 5) is 6.09. The lowest BCUT2D eigenvalue weighted by atomic mass is 10.0. The molecular formula is C20H26FN3O5S. The summed E-state index contributed by atoms with van der Waals surface area (Å²) in [5.74, 6) is -0.531. The normalized spacial score (nSPS) is 24.4. The third kappa shape index (κ3) is 5.39. The van der Waals surface area contributed by atoms with Gasteiger partial charge in [-0.2, -0.15) is 0 Å². The van der Waals surface area contributed by atoms with E-state index in [2.05, 4.69) is 9.71 Å². The van der Waals surface area contributed by atoms with Crippen LogP contribution in [0, 0.1) is 5.82 Å². The molecule has 0 aliphatic carbocycles. The van der Waals surface area contributed by atoms with Crippen molar-refractivity contribution in [2.75, 3.05) is 26.7 Å². The minimum Gasteiger partial charge on any atom is -0.394 e. The number of aliphatic hydroxyl groups excluding tert-OH is 2. The van der Waals surface area contributed by atoms with Crippen molar-refractivity contribution >= 4 is 10.0 Å². The summed E-state index contributed by atoms with van der Waals surface area (Å²) in [6.45, 7) is 0.0697. The summed E-state index contributed by atoms with van der Waals surface area (Å²) in [5.41, 5.74) is 0.894. The van der Waals surface area contributed by atoms with Gasteiger partial charge in [-0.1, -0.05) is 6.07 Å². The number of aliphatic hydroxyl groups is 2. The summed E-state index contributed by atoms with van der Waals surface area (Å²) in [6, 6.07) is 9.59. The van der Waals surface area contributed by atoms with E-state index in [4.69, 9.17) is 4.74 Å². The summed E-state index contributed by atoms with van der Waals surface area (Å²) >= 11 is 0. The fourth-order valence-corrected chi connectivity index (χ4v) is 4.61. The molecule has 0 unspecified atom stereocenters. The van der Waals surface area contributed by atoms with E-state index >= 15 is 0 Å². The molecule has 4 atom stereocenters. The lowest BCUT2D eigenvalue weighted by Crippen LogP contribution is -2.50. The minimum atomic E-state index is -3.88. The molecule has 2 heterocycles. The van der Waals surface area contributed by atoms with E-state index in [1.807, 2.05) is 23.1 Å². The van der Waals surface area contributed by atoms with Crippen LogP contribution in [0.15, 0.2) is 53.6 Å². The molecule has 1 saturated heterocycles. The van der Waals surface area contributed by atoms with Crippen LogP contribution in [0.1, 0.15) is 5.69 Å². The molecule has 10 heteroatoms. The zero-order valence-corrected chi connectivity index (χ0v) is 17.4. The molecule has 164 valence electrons. The molecule has 2 aromatic rings. The molecule has 1 fully saturated rings. The number of nitrogens with zero attached hydrogens (tertiary/aromatic N) is 2. The molecule has 0 amide bonds. The van der Waals surface area contributed by atoms with E-state index in [0.29, 0.717) is 13.0 Å². The zero-order chi connectivity index (χ0) is 21.7. The standard InChI is InChI=1S/C20H26FN3O5S/c1-24(11-9-15-4-2-3-10-22-15)19-17(29-18(13-25)20(19)26)12-23-30(27,28)16-7-5-14(21)6-8-16/h2-8,10,17-20,23,25-26H,9,11-13H2,1H3/t17-,18+,19-,20-/m1/s1. The van der Waals surface area contributed by atoms with Crippen LogP contribution >= 0.6 is 0 Å². The minimum absolute atomic E-state index is 0.0683. The second kappa shape index (κ2) is 9.90. The average Bonchev–Trinajstić information content (AvgIpc) is 3.07. The number of aromatic nitrogens is 1. The Balaban J connectivity index is 1.67. The number of pyridine rings is 1. The van der Waals surface area contributed by atoms with E-state index in [1.54, 1.807) is 13.2 Å². The highest BCUT2D eigenvalue weighted by Gasteiger charge is 2.45. The summed E-state index contributed by atoms with van der Waals surface area (Å²) in [7, 11) is -2.07. The number of benzene rings is 1. The van der Waals surface area contributed by atoms with Crippen molar-refractivity contribution in [3.63, 3.8) is 0 Å². The van der Waals surface area contributed by atoms with Gasteiger partial charge in [0.05, 0.1) is 23.6 Å². The second-order valence-corrected chi connectivity index (χ2v) is 9.00. The lowest BCUT2D eigenvalue weighted by Gasteiger charge is -2.30. The highest BCUT2D eigenvalue weighted by Crippen LogP contribution is 2.25. The fraction of sp³-hybridized carbons (Fsp3) is 0.450. The van der Waals surface area contributed by atoms with Crippen LogP contribution in [0.25, 0.3) is 0 Å². The highest BCUT2D eigenvalue weighted by molar-refractivity contribution is 7.89. The fourth-order valence-electron chi connectivity index (χ4n) is 3.56. The molecule has 1 aliphatic heterocycles. The van der Waals surface area contributed by atoms with Gasteiger partial charge in [0.25, 0.3) is 0 Å². The average molecular weight is 440 g/mol. The Kier molecular flexibility index (Phi) is 7.50. The lowest BCUT2D eigenvalue weighted by molar-refractivity contribution is -0.0201. The molecule has 3 N–H and O–H groups in total. The van der Waals surface area contributed by atoms with Crippen molar-refractivity contribution in [2.45, 2.75) is 35.7 Å². The Morgan fingerprint density at radius 2 is 1.93 bits per heavy atom. The van der Waals surface area contributed by atoms with Crippen LogP contribution in [0.4, 0.5) is 4.39 Å². The first-order valence-electron chi connectivity index (χ1n) is 9.61. The van der Waals surface area contributed by atoms with Crippen LogP contribution in [-0.4, -0.2) is 79.6 Å². The van der Waals surface area contributed by atoms with E-state index in [9.17, 15) is 23.0 Å². The van der Waals surface area contributed by atoms with E-state index in [1.165, 1.54) is 12.1 Å². The van der Waals surface area contributed by atoms with E-state index in [-0.39, 0.29) is 18.0 Å². The molecule has 0 saturated carbocycles. The molecule has 30 heavy (non-hydrogen) atoms. The number of rotatable bonds is 9. The number of halogens is 1. The van der Waals surface area contributed by atoms with Crippen molar-refractivity contribution in [1.29, 1.82) is 0 Å². The highest BCUT2D eigenvalue weighted by atomic mass is 32.2. The molecular weight excluding hydrogens is 413 g/mol. The molecule has 0 bridgehead atoms. The monoisotopic (exact) mass is 439 g/mol. The zero-order valence-electron chi connectivity index (χ0n) is 16.6. The molecule has 1 aliphatic rings. The molecule has 1 aromatic carbocycles. The van der Waals surface area contributed by atoms with Gasteiger partial charge < -0.3 is 14.9 Å². The third-order valence-corrected chi connectivity index (χ3v) is 6.63. The van der Waals surface area contributed by atoms with Crippen LogP contribution in [0.3, 0.4) is 0 Å². The number of sulfonamides is 1. The van der Waals surface area contributed by atoms with Crippen LogP contribution in [-0.2, 0) is 21.2 Å². The summed E-state index contributed by atoms with van der Waals surface area (Å²) in [5, 5.41) is 20.1. The first kappa shape index (κ1) is 22.7. The summed E-state index contributed by atoms with van der Waals surface area (Å²) in [6.07, 6.45) is -0.131.